The Morgan fingerprint density at radius 3 is 2.57 bits per heavy atom. The van der Waals surface area contributed by atoms with Gasteiger partial charge < -0.3 is 20.4 Å². The van der Waals surface area contributed by atoms with E-state index >= 15 is 0 Å². The molecule has 0 atom stereocenters. The molecule has 3 heterocycles. The molecule has 8 heteroatoms. The van der Waals surface area contributed by atoms with Gasteiger partial charge in [-0.2, -0.15) is 0 Å². The van der Waals surface area contributed by atoms with Crippen LogP contribution in [0.4, 0.5) is 11.4 Å². The summed E-state index contributed by atoms with van der Waals surface area (Å²) in [6.07, 6.45) is 4.14. The molecule has 0 spiro atoms. The maximum absolute atomic E-state index is 13.1. The Bertz CT molecular complexity index is 1520. The lowest BCUT2D eigenvalue weighted by Gasteiger charge is -2.16. The summed E-state index contributed by atoms with van der Waals surface area (Å²) in [5.41, 5.74) is 5.07. The molecule has 2 aromatic carbocycles. The fourth-order valence-electron chi connectivity index (χ4n) is 4.43. The van der Waals surface area contributed by atoms with Crippen molar-refractivity contribution in [1.82, 2.24) is 4.98 Å². The number of benzene rings is 2. The van der Waals surface area contributed by atoms with Crippen molar-refractivity contribution < 1.29 is 19.1 Å². The number of Topliss-reactive ketones (excluding diaryl/α,β-unsaturated/α-hetero) is 1. The van der Waals surface area contributed by atoms with Crippen LogP contribution >= 0.6 is 11.3 Å². The maximum atomic E-state index is 13.1. The van der Waals surface area contributed by atoms with Crippen molar-refractivity contribution in [3.05, 3.63) is 87.9 Å². The summed E-state index contributed by atoms with van der Waals surface area (Å²) < 4.78 is 5.41. The molecule has 3 N–H and O–H groups in total. The van der Waals surface area contributed by atoms with Gasteiger partial charge in [0.15, 0.2) is 5.78 Å². The number of ketones is 1. The second-order valence-corrected chi connectivity index (χ2v) is 9.57. The number of amides is 2. The fourth-order valence-corrected chi connectivity index (χ4v) is 5.13. The Kier molecular flexibility index (Phi) is 6.74. The molecule has 7 nitrogen and oxygen atoms in total. The van der Waals surface area contributed by atoms with E-state index in [1.54, 1.807) is 49.7 Å². The molecule has 0 radical (unpaired) electrons. The van der Waals surface area contributed by atoms with Crippen LogP contribution in [-0.2, 0) is 16.0 Å². The molecule has 1 aliphatic rings. The summed E-state index contributed by atoms with van der Waals surface area (Å²) in [4.78, 5) is 42.3. The number of carbonyl (C=O) groups is 3. The van der Waals surface area contributed by atoms with Crippen LogP contribution in [0.5, 0.6) is 5.75 Å². The number of rotatable bonds is 8. The molecule has 0 saturated heterocycles. The second kappa shape index (κ2) is 10.3. The van der Waals surface area contributed by atoms with Crippen molar-refractivity contribution in [3.8, 4) is 16.9 Å². The molecule has 4 aromatic rings. The molecular formula is C29H25N3O4S. The topological polar surface area (TPSA) is 100 Å². The highest BCUT2D eigenvalue weighted by atomic mass is 32.1. The van der Waals surface area contributed by atoms with E-state index in [9.17, 15) is 14.4 Å². The van der Waals surface area contributed by atoms with Crippen LogP contribution in [0.2, 0.25) is 0 Å². The van der Waals surface area contributed by atoms with Crippen LogP contribution < -0.4 is 15.4 Å². The van der Waals surface area contributed by atoms with Gasteiger partial charge in [-0.1, -0.05) is 37.3 Å². The highest BCUT2D eigenvalue weighted by Crippen LogP contribution is 2.45. The van der Waals surface area contributed by atoms with Crippen LogP contribution in [0.3, 0.4) is 0 Å². The molecule has 1 aliphatic heterocycles. The second-order valence-electron chi connectivity index (χ2n) is 8.54. The predicted molar refractivity (Wildman–Crippen MR) is 147 cm³/mol. The van der Waals surface area contributed by atoms with Gasteiger partial charge in [0.1, 0.15) is 5.75 Å². The molecular weight excluding hydrogens is 486 g/mol. The Morgan fingerprint density at radius 1 is 1.05 bits per heavy atom. The van der Waals surface area contributed by atoms with Crippen molar-refractivity contribution in [2.75, 3.05) is 17.7 Å². The molecule has 0 aliphatic carbocycles. The number of fused-ring (bicyclic) bond motifs is 1. The minimum atomic E-state index is -0.257. The first-order valence-electron chi connectivity index (χ1n) is 11.9. The third-order valence-electron chi connectivity index (χ3n) is 6.22. The van der Waals surface area contributed by atoms with Crippen molar-refractivity contribution in [2.45, 2.75) is 19.8 Å². The van der Waals surface area contributed by atoms with Crippen molar-refractivity contribution in [2.24, 2.45) is 0 Å². The third-order valence-corrected chi connectivity index (χ3v) is 7.10. The molecule has 5 rings (SSSR count). The SMILES string of the molecule is CCC(=O)c1ccc(-c2c(NC(=O)Cc3cccs3)ccc3c2/C(=C/c2[nH]ccc2OC)C(=O)N3)cc1. The van der Waals surface area contributed by atoms with E-state index in [2.05, 4.69) is 15.6 Å². The van der Waals surface area contributed by atoms with Gasteiger partial charge in [-0.25, -0.2) is 0 Å². The predicted octanol–water partition coefficient (Wildman–Crippen LogP) is 6.02. The maximum Gasteiger partial charge on any atom is 0.256 e. The minimum Gasteiger partial charge on any atom is -0.495 e. The number of nitrogens with one attached hydrogen (secondary N) is 3. The lowest BCUT2D eigenvalue weighted by atomic mass is 9.91. The lowest BCUT2D eigenvalue weighted by Crippen LogP contribution is -2.14. The van der Waals surface area contributed by atoms with Gasteiger partial charge in [0.25, 0.3) is 5.91 Å². The first-order valence-corrected chi connectivity index (χ1v) is 12.7. The van der Waals surface area contributed by atoms with E-state index in [-0.39, 0.29) is 24.0 Å². The summed E-state index contributed by atoms with van der Waals surface area (Å²) in [5.74, 6) is 0.242. The van der Waals surface area contributed by atoms with Gasteiger partial charge in [-0.05, 0) is 41.3 Å². The van der Waals surface area contributed by atoms with Crippen LogP contribution in [-0.4, -0.2) is 29.7 Å². The van der Waals surface area contributed by atoms with Crippen LogP contribution in [0.25, 0.3) is 22.8 Å². The van der Waals surface area contributed by atoms with Gasteiger partial charge in [0, 0.05) is 45.6 Å². The zero-order chi connectivity index (χ0) is 25.9. The highest BCUT2D eigenvalue weighted by molar-refractivity contribution is 7.10. The van der Waals surface area contributed by atoms with Crippen molar-refractivity contribution in [1.29, 1.82) is 0 Å². The summed E-state index contributed by atoms with van der Waals surface area (Å²) >= 11 is 1.52. The standard InChI is InChI=1S/C29H25N3O4S/c1-3-24(33)17-6-8-18(9-7-17)27-21(31-26(34)15-19-5-4-14-37-19)10-11-22-28(27)20(29(35)32-22)16-23-25(36-2)12-13-30-23/h4-14,16,30H,3,15H2,1-2H3,(H,31,34)(H,32,35)/b20-16-. The summed E-state index contributed by atoms with van der Waals surface area (Å²) in [7, 11) is 1.57. The number of ether oxygens (including phenoxy) is 1. The molecule has 37 heavy (non-hydrogen) atoms. The van der Waals surface area contributed by atoms with Gasteiger partial charge in [-0.3, -0.25) is 14.4 Å². The molecule has 2 aromatic heterocycles. The third kappa shape index (κ3) is 4.83. The van der Waals surface area contributed by atoms with E-state index in [0.29, 0.717) is 51.5 Å². The fraction of sp³-hybridized carbons (Fsp3) is 0.138. The number of carbonyl (C=O) groups excluding carboxylic acids is 3. The largest absolute Gasteiger partial charge is 0.495 e. The molecule has 0 bridgehead atoms. The number of aromatic nitrogens is 1. The Hall–Kier alpha value is -4.43. The van der Waals surface area contributed by atoms with Crippen LogP contribution in [0, 0.1) is 0 Å². The molecule has 0 fully saturated rings. The first kappa shape index (κ1) is 24.3. The number of H-pyrrole nitrogens is 1. The van der Waals surface area contributed by atoms with E-state index in [0.717, 1.165) is 10.4 Å². The average molecular weight is 512 g/mol. The van der Waals surface area contributed by atoms with Crippen molar-refractivity contribution >= 4 is 52.0 Å². The van der Waals surface area contributed by atoms with E-state index in [4.69, 9.17) is 4.74 Å². The Balaban J connectivity index is 1.64. The normalized spacial score (nSPS) is 13.4. The Morgan fingerprint density at radius 2 is 1.86 bits per heavy atom. The summed E-state index contributed by atoms with van der Waals surface area (Å²) in [6, 6.07) is 16.5. The number of anilines is 2. The van der Waals surface area contributed by atoms with Gasteiger partial charge in [0.2, 0.25) is 5.91 Å². The van der Waals surface area contributed by atoms with Gasteiger partial charge >= 0.3 is 0 Å². The molecule has 186 valence electrons. The number of methoxy groups -OCH3 is 1. The van der Waals surface area contributed by atoms with E-state index in [1.165, 1.54) is 11.3 Å². The van der Waals surface area contributed by atoms with Gasteiger partial charge in [0.05, 0.1) is 24.8 Å². The van der Waals surface area contributed by atoms with E-state index in [1.807, 2.05) is 36.6 Å². The first-order chi connectivity index (χ1) is 18.0. The molecule has 0 saturated carbocycles. The number of aromatic amines is 1. The number of hydrogen-bond donors (Lipinski definition) is 3. The van der Waals surface area contributed by atoms with Crippen LogP contribution in [0.1, 0.15) is 39.8 Å². The van der Waals surface area contributed by atoms with Crippen LogP contribution in [0.15, 0.2) is 66.2 Å². The lowest BCUT2D eigenvalue weighted by molar-refractivity contribution is -0.115. The quantitative estimate of drug-likeness (QED) is 0.199. The zero-order valence-electron chi connectivity index (χ0n) is 20.4. The highest BCUT2D eigenvalue weighted by Gasteiger charge is 2.30. The summed E-state index contributed by atoms with van der Waals surface area (Å²) in [6.45, 7) is 1.82. The minimum absolute atomic E-state index is 0.0468. The number of thiophene rings is 1. The zero-order valence-corrected chi connectivity index (χ0v) is 21.2. The van der Waals surface area contributed by atoms with E-state index < -0.39 is 0 Å². The number of hydrogen-bond acceptors (Lipinski definition) is 5. The summed E-state index contributed by atoms with van der Waals surface area (Å²) in [5, 5.41) is 7.92. The molecule has 2 amide bonds. The van der Waals surface area contributed by atoms with Crippen molar-refractivity contribution in [3.63, 3.8) is 0 Å². The monoisotopic (exact) mass is 511 g/mol. The van der Waals surface area contributed by atoms with Gasteiger partial charge in [-0.15, -0.1) is 11.3 Å². The smallest absolute Gasteiger partial charge is 0.256 e. The average Bonchev–Trinajstić information content (AvgIpc) is 3.65. The Labute approximate surface area is 218 Å². The molecule has 0 unspecified atom stereocenters.